The Bertz CT molecular complexity index is 1500. The number of carbonyl (C=O) groups excluding carboxylic acids is 1. The summed E-state index contributed by atoms with van der Waals surface area (Å²) in [7, 11) is 0. The number of fused-ring (bicyclic) bond motifs is 2. The van der Waals surface area contributed by atoms with Crippen LogP contribution in [-0.2, 0) is 11.3 Å². The second kappa shape index (κ2) is 7.85. The number of para-hydroxylation sites is 2. The molecule has 0 radical (unpaired) electrons. The Hall–Kier alpha value is -3.99. The second-order valence-corrected chi connectivity index (χ2v) is 8.54. The van der Waals surface area contributed by atoms with Crippen molar-refractivity contribution in [3.05, 3.63) is 108 Å². The van der Waals surface area contributed by atoms with Crippen LogP contribution in [0.2, 0.25) is 0 Å². The molecule has 1 aliphatic heterocycles. The van der Waals surface area contributed by atoms with Gasteiger partial charge in [-0.2, -0.15) is 0 Å². The molecular formula is C28H22FN3O. The van der Waals surface area contributed by atoms with Crippen molar-refractivity contribution in [1.29, 1.82) is 0 Å². The van der Waals surface area contributed by atoms with Crippen molar-refractivity contribution in [3.63, 3.8) is 0 Å². The Kier molecular flexibility index (Phi) is 4.68. The zero-order chi connectivity index (χ0) is 22.4. The summed E-state index contributed by atoms with van der Waals surface area (Å²) in [4.78, 5) is 20.0. The van der Waals surface area contributed by atoms with Crippen LogP contribution in [0.5, 0.6) is 0 Å². The third-order valence-corrected chi connectivity index (χ3v) is 6.52. The summed E-state index contributed by atoms with van der Waals surface area (Å²) >= 11 is 0. The number of aromatic nitrogens is 2. The van der Waals surface area contributed by atoms with Gasteiger partial charge in [-0.15, -0.1) is 0 Å². The summed E-state index contributed by atoms with van der Waals surface area (Å²) in [5.41, 5.74) is 3.35. The molecule has 0 aliphatic carbocycles. The SMILES string of the molecule is O=C1CC(c2nc3ccccc3n2Cc2ccccc2F)CN1c1cccc2ccccc12. The van der Waals surface area contributed by atoms with Crippen LogP contribution in [0, 0.1) is 5.82 Å². The lowest BCUT2D eigenvalue weighted by molar-refractivity contribution is -0.117. The van der Waals surface area contributed by atoms with Gasteiger partial charge in [0, 0.05) is 29.8 Å². The van der Waals surface area contributed by atoms with E-state index in [4.69, 9.17) is 4.98 Å². The lowest BCUT2D eigenvalue weighted by Crippen LogP contribution is -2.24. The predicted molar refractivity (Wildman–Crippen MR) is 129 cm³/mol. The standard InChI is InChI=1S/C28H22FN3O/c29-23-12-4-2-9-20(23)17-32-26-14-6-5-13-24(26)30-28(32)21-16-27(33)31(18-21)25-15-7-10-19-8-1-3-11-22(19)25/h1-15,21H,16-18H2. The summed E-state index contributed by atoms with van der Waals surface area (Å²) in [5.74, 6) is 0.605. The number of rotatable bonds is 4. The Labute approximate surface area is 190 Å². The van der Waals surface area contributed by atoms with E-state index in [-0.39, 0.29) is 17.6 Å². The molecule has 1 aliphatic rings. The normalized spacial score (nSPS) is 16.2. The van der Waals surface area contributed by atoms with Crippen LogP contribution in [0.25, 0.3) is 21.8 Å². The first-order valence-corrected chi connectivity index (χ1v) is 11.2. The maximum absolute atomic E-state index is 14.5. The van der Waals surface area contributed by atoms with E-state index in [1.807, 2.05) is 59.5 Å². The van der Waals surface area contributed by atoms with Gasteiger partial charge in [0.15, 0.2) is 0 Å². The van der Waals surface area contributed by atoms with Gasteiger partial charge in [-0.05, 0) is 29.7 Å². The molecule has 0 spiro atoms. The highest BCUT2D eigenvalue weighted by atomic mass is 19.1. The van der Waals surface area contributed by atoms with Gasteiger partial charge in [-0.1, -0.05) is 66.7 Å². The van der Waals surface area contributed by atoms with Crippen LogP contribution in [-0.4, -0.2) is 22.0 Å². The zero-order valence-corrected chi connectivity index (χ0v) is 18.0. The number of hydrogen-bond donors (Lipinski definition) is 0. The van der Waals surface area contributed by atoms with Crippen LogP contribution in [0.3, 0.4) is 0 Å². The first-order chi connectivity index (χ1) is 16.2. The van der Waals surface area contributed by atoms with E-state index in [0.717, 1.165) is 33.3 Å². The highest BCUT2D eigenvalue weighted by Crippen LogP contribution is 2.36. The van der Waals surface area contributed by atoms with E-state index in [1.165, 1.54) is 6.07 Å². The highest BCUT2D eigenvalue weighted by molar-refractivity contribution is 6.05. The fourth-order valence-corrected chi connectivity index (χ4v) is 4.93. The molecule has 5 aromatic rings. The Morgan fingerprint density at radius 2 is 1.64 bits per heavy atom. The van der Waals surface area contributed by atoms with E-state index >= 15 is 0 Å². The van der Waals surface area contributed by atoms with Gasteiger partial charge in [-0.3, -0.25) is 4.79 Å². The number of halogens is 1. The monoisotopic (exact) mass is 435 g/mol. The van der Waals surface area contributed by atoms with Crippen molar-refractivity contribution in [2.75, 3.05) is 11.4 Å². The molecule has 1 unspecified atom stereocenters. The molecule has 1 amide bonds. The lowest BCUT2D eigenvalue weighted by Gasteiger charge is -2.19. The highest BCUT2D eigenvalue weighted by Gasteiger charge is 2.35. The van der Waals surface area contributed by atoms with Gasteiger partial charge < -0.3 is 9.47 Å². The third kappa shape index (κ3) is 3.37. The lowest BCUT2D eigenvalue weighted by atomic mass is 10.1. The van der Waals surface area contributed by atoms with E-state index in [9.17, 15) is 9.18 Å². The first kappa shape index (κ1) is 19.7. The minimum Gasteiger partial charge on any atom is -0.323 e. The molecular weight excluding hydrogens is 413 g/mol. The maximum atomic E-state index is 14.5. The van der Waals surface area contributed by atoms with Crippen molar-refractivity contribution in [1.82, 2.24) is 9.55 Å². The molecule has 4 nitrogen and oxygen atoms in total. The van der Waals surface area contributed by atoms with Crippen molar-refractivity contribution < 1.29 is 9.18 Å². The van der Waals surface area contributed by atoms with E-state index < -0.39 is 0 Å². The molecule has 1 fully saturated rings. The Morgan fingerprint density at radius 3 is 2.55 bits per heavy atom. The molecule has 0 bridgehead atoms. The fraction of sp³-hybridized carbons (Fsp3) is 0.143. The quantitative estimate of drug-likeness (QED) is 0.353. The predicted octanol–water partition coefficient (Wildman–Crippen LogP) is 5.90. The van der Waals surface area contributed by atoms with E-state index in [2.05, 4.69) is 22.8 Å². The number of carbonyl (C=O) groups is 1. The van der Waals surface area contributed by atoms with Crippen molar-refractivity contribution in [3.8, 4) is 0 Å². The summed E-state index contributed by atoms with van der Waals surface area (Å²) in [6, 6.07) is 28.9. The fourth-order valence-electron chi connectivity index (χ4n) is 4.93. The molecule has 162 valence electrons. The number of imidazole rings is 1. The summed E-state index contributed by atoms with van der Waals surface area (Å²) in [5, 5.41) is 2.17. The summed E-state index contributed by atoms with van der Waals surface area (Å²) in [6.07, 6.45) is 0.379. The van der Waals surface area contributed by atoms with Gasteiger partial charge >= 0.3 is 0 Å². The maximum Gasteiger partial charge on any atom is 0.227 e. The topological polar surface area (TPSA) is 38.1 Å². The number of nitrogens with zero attached hydrogens (tertiary/aromatic N) is 3. The average Bonchev–Trinajstić information content (AvgIpc) is 3.40. The molecule has 1 atom stereocenters. The molecule has 0 N–H and O–H groups in total. The van der Waals surface area contributed by atoms with Crippen LogP contribution in [0.4, 0.5) is 10.1 Å². The van der Waals surface area contributed by atoms with E-state index in [1.54, 1.807) is 12.1 Å². The van der Waals surface area contributed by atoms with Gasteiger partial charge in [-0.25, -0.2) is 9.37 Å². The summed E-state index contributed by atoms with van der Waals surface area (Å²) in [6.45, 7) is 0.926. The van der Waals surface area contributed by atoms with Crippen molar-refractivity contribution in [2.45, 2.75) is 18.9 Å². The minimum absolute atomic E-state index is 0.0735. The van der Waals surface area contributed by atoms with Gasteiger partial charge in [0.25, 0.3) is 0 Å². The molecule has 4 aromatic carbocycles. The average molecular weight is 436 g/mol. The molecule has 1 aromatic heterocycles. The number of hydrogen-bond acceptors (Lipinski definition) is 2. The van der Waals surface area contributed by atoms with Crippen LogP contribution in [0.1, 0.15) is 23.7 Å². The molecule has 2 heterocycles. The molecule has 33 heavy (non-hydrogen) atoms. The first-order valence-electron chi connectivity index (χ1n) is 11.2. The van der Waals surface area contributed by atoms with Crippen molar-refractivity contribution >= 4 is 33.4 Å². The molecule has 1 saturated heterocycles. The Balaban J connectivity index is 1.41. The van der Waals surface area contributed by atoms with Crippen molar-refractivity contribution in [2.24, 2.45) is 0 Å². The number of benzene rings is 4. The van der Waals surface area contributed by atoms with Crippen LogP contribution >= 0.6 is 0 Å². The summed E-state index contributed by atoms with van der Waals surface area (Å²) < 4.78 is 16.6. The van der Waals surface area contributed by atoms with E-state index in [0.29, 0.717) is 25.1 Å². The zero-order valence-electron chi connectivity index (χ0n) is 18.0. The van der Waals surface area contributed by atoms with Crippen LogP contribution in [0.15, 0.2) is 91.0 Å². The number of amides is 1. The molecule has 6 rings (SSSR count). The third-order valence-electron chi connectivity index (χ3n) is 6.52. The number of anilines is 1. The largest absolute Gasteiger partial charge is 0.323 e. The smallest absolute Gasteiger partial charge is 0.227 e. The van der Waals surface area contributed by atoms with Gasteiger partial charge in [0.2, 0.25) is 5.91 Å². The van der Waals surface area contributed by atoms with Crippen LogP contribution < -0.4 is 4.90 Å². The molecule has 0 saturated carbocycles. The Morgan fingerprint density at radius 1 is 0.879 bits per heavy atom. The molecule has 5 heteroatoms. The second-order valence-electron chi connectivity index (χ2n) is 8.54. The van der Waals surface area contributed by atoms with Gasteiger partial charge in [0.05, 0.1) is 23.3 Å². The van der Waals surface area contributed by atoms with Gasteiger partial charge in [0.1, 0.15) is 11.6 Å². The minimum atomic E-state index is -0.235.